The predicted molar refractivity (Wildman–Crippen MR) is 58.5 cm³/mol. The fourth-order valence-corrected chi connectivity index (χ4v) is 1.69. The molecule has 76 valence electrons. The third-order valence-corrected chi connectivity index (χ3v) is 3.25. The molecule has 0 bridgehead atoms. The summed E-state index contributed by atoms with van der Waals surface area (Å²) >= 11 is 1.81. The van der Waals surface area contributed by atoms with Gasteiger partial charge < -0.3 is 0 Å². The Kier molecular flexibility index (Phi) is 4.59. The minimum absolute atomic E-state index is 0.458. The first-order valence-corrected chi connectivity index (χ1v) is 5.69. The van der Waals surface area contributed by atoms with Gasteiger partial charge in [0, 0.05) is 11.4 Å². The molecule has 0 aliphatic heterocycles. The molecule has 0 fully saturated rings. The minimum Gasteiger partial charge on any atom is -0.296 e. The van der Waals surface area contributed by atoms with Crippen LogP contribution >= 0.6 is 11.8 Å². The average molecular weight is 210 g/mol. The Balaban J connectivity index is 2.54. The summed E-state index contributed by atoms with van der Waals surface area (Å²) in [4.78, 5) is 18.7. The number of thioether (sulfide) groups is 1. The van der Waals surface area contributed by atoms with Crippen LogP contribution in [0.3, 0.4) is 0 Å². The smallest absolute Gasteiger partial charge is 0.168 e. The van der Waals surface area contributed by atoms with Gasteiger partial charge in [-0.15, -0.1) is 0 Å². The lowest BCUT2D eigenvalue weighted by Crippen LogP contribution is -1.99. The van der Waals surface area contributed by atoms with Crippen LogP contribution in [0.5, 0.6) is 0 Å². The molecule has 1 rings (SSSR count). The Hall–Kier alpha value is -0.900. The summed E-state index contributed by atoms with van der Waals surface area (Å²) in [6.07, 6.45) is 3.51. The van der Waals surface area contributed by atoms with Crippen molar-refractivity contribution in [2.75, 3.05) is 0 Å². The van der Waals surface area contributed by atoms with Gasteiger partial charge in [-0.2, -0.15) is 11.8 Å². The summed E-state index contributed by atoms with van der Waals surface area (Å²) in [5.41, 5.74) is 0.458. The number of hydrogen-bond acceptors (Lipinski definition) is 4. The van der Waals surface area contributed by atoms with Crippen molar-refractivity contribution in [3.63, 3.8) is 0 Å². The number of carbonyl (C=O) groups is 1. The Morgan fingerprint density at radius 3 is 3.07 bits per heavy atom. The van der Waals surface area contributed by atoms with Gasteiger partial charge in [-0.05, 0) is 12.5 Å². The maximum atomic E-state index is 10.5. The SMILES string of the molecule is CCC(C)SCc1nccc(C=O)n1. The third kappa shape index (κ3) is 3.46. The number of aldehydes is 1. The van der Waals surface area contributed by atoms with Crippen molar-refractivity contribution < 1.29 is 4.79 Å². The van der Waals surface area contributed by atoms with E-state index in [1.807, 2.05) is 11.8 Å². The van der Waals surface area contributed by atoms with E-state index in [0.29, 0.717) is 10.9 Å². The molecule has 4 heteroatoms. The molecule has 1 unspecified atom stereocenters. The quantitative estimate of drug-likeness (QED) is 0.699. The van der Waals surface area contributed by atoms with Crippen LogP contribution in [-0.4, -0.2) is 21.5 Å². The van der Waals surface area contributed by atoms with Gasteiger partial charge in [-0.1, -0.05) is 13.8 Å². The molecule has 14 heavy (non-hydrogen) atoms. The maximum absolute atomic E-state index is 10.5. The van der Waals surface area contributed by atoms with E-state index in [4.69, 9.17) is 0 Å². The van der Waals surface area contributed by atoms with Crippen LogP contribution < -0.4 is 0 Å². The zero-order valence-corrected chi connectivity index (χ0v) is 9.25. The molecule has 0 spiro atoms. The van der Waals surface area contributed by atoms with Crippen LogP contribution in [0.1, 0.15) is 36.6 Å². The molecule has 1 heterocycles. The molecule has 1 aromatic rings. The highest BCUT2D eigenvalue weighted by Crippen LogP contribution is 2.17. The van der Waals surface area contributed by atoms with Crippen molar-refractivity contribution in [2.45, 2.75) is 31.3 Å². The molecule has 0 aromatic carbocycles. The van der Waals surface area contributed by atoms with Gasteiger partial charge in [0.2, 0.25) is 0 Å². The molecular formula is C10H14N2OS. The summed E-state index contributed by atoms with van der Waals surface area (Å²) in [5.74, 6) is 1.51. The predicted octanol–water partition coefficient (Wildman–Crippen LogP) is 2.32. The topological polar surface area (TPSA) is 42.9 Å². The van der Waals surface area contributed by atoms with Crippen LogP contribution in [0.2, 0.25) is 0 Å². The molecule has 1 atom stereocenters. The zero-order valence-electron chi connectivity index (χ0n) is 8.43. The molecule has 0 amide bonds. The molecule has 0 aliphatic carbocycles. The minimum atomic E-state index is 0.458. The lowest BCUT2D eigenvalue weighted by Gasteiger charge is -2.06. The number of hydrogen-bond donors (Lipinski definition) is 0. The van der Waals surface area contributed by atoms with Gasteiger partial charge in [0.15, 0.2) is 6.29 Å². The standard InChI is InChI=1S/C10H14N2OS/c1-3-8(2)14-7-10-11-5-4-9(6-13)12-10/h4-6,8H,3,7H2,1-2H3. The first kappa shape index (κ1) is 11.2. The van der Waals surface area contributed by atoms with Gasteiger partial charge in [0.05, 0.1) is 5.75 Å². The van der Waals surface area contributed by atoms with Crippen LogP contribution in [0.15, 0.2) is 12.3 Å². The monoisotopic (exact) mass is 210 g/mol. The Labute approximate surface area is 88.3 Å². The first-order valence-electron chi connectivity index (χ1n) is 4.65. The van der Waals surface area contributed by atoms with Crippen molar-refractivity contribution in [1.82, 2.24) is 9.97 Å². The summed E-state index contributed by atoms with van der Waals surface area (Å²) in [5, 5.41) is 0.610. The summed E-state index contributed by atoms with van der Waals surface area (Å²) < 4.78 is 0. The zero-order chi connectivity index (χ0) is 10.4. The van der Waals surface area contributed by atoms with Gasteiger partial charge in [0.1, 0.15) is 11.5 Å². The number of rotatable bonds is 5. The fourth-order valence-electron chi connectivity index (χ4n) is 0.885. The normalized spacial score (nSPS) is 12.4. The number of aromatic nitrogens is 2. The summed E-state index contributed by atoms with van der Waals surface area (Å²) in [6.45, 7) is 4.33. The summed E-state index contributed by atoms with van der Waals surface area (Å²) in [6, 6.07) is 1.62. The highest BCUT2D eigenvalue weighted by molar-refractivity contribution is 7.99. The van der Waals surface area contributed by atoms with E-state index in [1.165, 1.54) is 0 Å². The van der Waals surface area contributed by atoms with Gasteiger partial charge in [-0.3, -0.25) is 4.79 Å². The second-order valence-electron chi connectivity index (χ2n) is 3.05. The van der Waals surface area contributed by atoms with Gasteiger partial charge in [0.25, 0.3) is 0 Å². The third-order valence-electron chi connectivity index (χ3n) is 1.92. The van der Waals surface area contributed by atoms with E-state index in [1.54, 1.807) is 12.3 Å². The molecule has 0 saturated heterocycles. The Morgan fingerprint density at radius 2 is 2.43 bits per heavy atom. The first-order chi connectivity index (χ1) is 6.76. The van der Waals surface area contributed by atoms with Crippen LogP contribution in [-0.2, 0) is 5.75 Å². The van der Waals surface area contributed by atoms with Crippen molar-refractivity contribution in [1.29, 1.82) is 0 Å². The number of carbonyl (C=O) groups excluding carboxylic acids is 1. The van der Waals surface area contributed by atoms with E-state index in [2.05, 4.69) is 23.8 Å². The molecule has 1 aromatic heterocycles. The van der Waals surface area contributed by atoms with Crippen molar-refractivity contribution in [3.05, 3.63) is 23.8 Å². The molecule has 0 radical (unpaired) electrons. The highest BCUT2D eigenvalue weighted by atomic mass is 32.2. The van der Waals surface area contributed by atoms with E-state index < -0.39 is 0 Å². The van der Waals surface area contributed by atoms with Gasteiger partial charge >= 0.3 is 0 Å². The van der Waals surface area contributed by atoms with Crippen LogP contribution in [0, 0.1) is 0 Å². The fraction of sp³-hybridized carbons (Fsp3) is 0.500. The van der Waals surface area contributed by atoms with Crippen molar-refractivity contribution in [3.8, 4) is 0 Å². The Bertz CT molecular complexity index is 304. The van der Waals surface area contributed by atoms with Crippen LogP contribution in [0.25, 0.3) is 0 Å². The molecule has 0 N–H and O–H groups in total. The van der Waals surface area contributed by atoms with Crippen molar-refractivity contribution in [2.24, 2.45) is 0 Å². The van der Waals surface area contributed by atoms with Crippen LogP contribution in [0.4, 0.5) is 0 Å². The molecule has 0 aliphatic rings. The molecular weight excluding hydrogens is 196 g/mol. The van der Waals surface area contributed by atoms with Gasteiger partial charge in [-0.25, -0.2) is 9.97 Å². The van der Waals surface area contributed by atoms with E-state index in [-0.39, 0.29) is 0 Å². The number of nitrogens with zero attached hydrogens (tertiary/aromatic N) is 2. The maximum Gasteiger partial charge on any atom is 0.168 e. The molecule has 0 saturated carbocycles. The van der Waals surface area contributed by atoms with E-state index in [0.717, 1.165) is 24.3 Å². The second-order valence-corrected chi connectivity index (χ2v) is 4.47. The second kappa shape index (κ2) is 5.75. The summed E-state index contributed by atoms with van der Waals surface area (Å²) in [7, 11) is 0. The molecule has 3 nitrogen and oxygen atoms in total. The lowest BCUT2D eigenvalue weighted by atomic mass is 10.4. The highest BCUT2D eigenvalue weighted by Gasteiger charge is 2.02. The van der Waals surface area contributed by atoms with E-state index in [9.17, 15) is 4.79 Å². The largest absolute Gasteiger partial charge is 0.296 e. The average Bonchev–Trinajstić information content (AvgIpc) is 2.26. The van der Waals surface area contributed by atoms with Crippen molar-refractivity contribution >= 4 is 18.0 Å². The Morgan fingerprint density at radius 1 is 1.64 bits per heavy atom. The lowest BCUT2D eigenvalue weighted by molar-refractivity contribution is 0.111. The van der Waals surface area contributed by atoms with E-state index >= 15 is 0 Å².